The van der Waals surface area contributed by atoms with Gasteiger partial charge in [0.2, 0.25) is 5.91 Å². The Morgan fingerprint density at radius 1 is 1.55 bits per heavy atom. The van der Waals surface area contributed by atoms with E-state index in [1.54, 1.807) is 19.0 Å². The van der Waals surface area contributed by atoms with Crippen LogP contribution < -0.4 is 0 Å². The molecule has 64 valence electrons. The lowest BCUT2D eigenvalue weighted by atomic mass is 10.4. The van der Waals surface area contributed by atoms with Gasteiger partial charge in [-0.2, -0.15) is 0 Å². The first-order valence-corrected chi connectivity index (χ1v) is 4.01. The lowest BCUT2D eigenvalue weighted by molar-refractivity contribution is -0.129. The van der Waals surface area contributed by atoms with Crippen LogP contribution in [0.25, 0.3) is 0 Å². The van der Waals surface area contributed by atoms with Gasteiger partial charge in [0.1, 0.15) is 6.04 Å². The molecule has 0 bridgehead atoms. The standard InChI is InChI=1S/C8H16N2O/c1-6(2)10-5-7(10)8(11)9(3)4/h6-7H,5H2,1-4H3. The quantitative estimate of drug-likeness (QED) is 0.532. The van der Waals surface area contributed by atoms with Gasteiger partial charge in [-0.05, 0) is 13.8 Å². The van der Waals surface area contributed by atoms with Gasteiger partial charge in [0.25, 0.3) is 0 Å². The summed E-state index contributed by atoms with van der Waals surface area (Å²) in [5.74, 6) is 0.235. The number of carbonyl (C=O) groups is 1. The maximum atomic E-state index is 11.3. The summed E-state index contributed by atoms with van der Waals surface area (Å²) >= 11 is 0. The zero-order valence-electron chi connectivity index (χ0n) is 7.66. The zero-order chi connectivity index (χ0) is 8.59. The van der Waals surface area contributed by atoms with Crippen molar-refractivity contribution in [1.82, 2.24) is 9.80 Å². The van der Waals surface area contributed by atoms with Crippen LogP contribution in [0.15, 0.2) is 0 Å². The average Bonchev–Trinajstić information content (AvgIpc) is 2.63. The lowest BCUT2D eigenvalue weighted by Gasteiger charge is -2.11. The topological polar surface area (TPSA) is 23.3 Å². The van der Waals surface area contributed by atoms with Crippen molar-refractivity contribution in [3.63, 3.8) is 0 Å². The minimum absolute atomic E-state index is 0.171. The van der Waals surface area contributed by atoms with E-state index in [2.05, 4.69) is 18.7 Å². The molecule has 3 heteroatoms. The Hall–Kier alpha value is -0.570. The molecule has 1 fully saturated rings. The molecule has 0 radical (unpaired) electrons. The fourth-order valence-electron chi connectivity index (χ4n) is 1.24. The largest absolute Gasteiger partial charge is 0.347 e. The van der Waals surface area contributed by atoms with Gasteiger partial charge in [-0.1, -0.05) is 0 Å². The molecule has 1 rings (SSSR count). The number of likely N-dealkylation sites (N-methyl/N-ethyl adjacent to an activating group) is 1. The highest BCUT2D eigenvalue weighted by molar-refractivity contribution is 5.84. The van der Waals surface area contributed by atoms with Crippen molar-refractivity contribution >= 4 is 5.91 Å². The van der Waals surface area contributed by atoms with Gasteiger partial charge < -0.3 is 4.90 Å². The lowest BCUT2D eigenvalue weighted by Crippen LogP contribution is -2.30. The van der Waals surface area contributed by atoms with E-state index in [9.17, 15) is 4.79 Å². The summed E-state index contributed by atoms with van der Waals surface area (Å²) < 4.78 is 0. The second kappa shape index (κ2) is 2.81. The molecule has 0 saturated carbocycles. The molecular weight excluding hydrogens is 140 g/mol. The van der Waals surface area contributed by atoms with Crippen LogP contribution in [0, 0.1) is 0 Å². The molecular formula is C8H16N2O. The molecule has 1 aliphatic heterocycles. The number of nitrogens with zero attached hydrogens (tertiary/aromatic N) is 2. The average molecular weight is 156 g/mol. The molecule has 1 amide bonds. The number of carbonyl (C=O) groups excluding carboxylic acids is 1. The van der Waals surface area contributed by atoms with E-state index in [-0.39, 0.29) is 11.9 Å². The van der Waals surface area contributed by atoms with Gasteiger partial charge in [0.05, 0.1) is 0 Å². The molecule has 1 aliphatic rings. The summed E-state index contributed by atoms with van der Waals surface area (Å²) in [5, 5.41) is 0. The van der Waals surface area contributed by atoms with Crippen molar-refractivity contribution in [2.24, 2.45) is 0 Å². The Balaban J connectivity index is 2.38. The van der Waals surface area contributed by atoms with Gasteiger partial charge in [-0.15, -0.1) is 0 Å². The van der Waals surface area contributed by atoms with E-state index in [1.807, 2.05) is 0 Å². The van der Waals surface area contributed by atoms with Crippen molar-refractivity contribution in [2.75, 3.05) is 20.6 Å². The SMILES string of the molecule is CC(C)N1CC1C(=O)N(C)C. The maximum absolute atomic E-state index is 11.3. The van der Waals surface area contributed by atoms with Crippen molar-refractivity contribution in [3.05, 3.63) is 0 Å². The molecule has 2 atom stereocenters. The molecule has 0 aliphatic carbocycles. The number of rotatable bonds is 2. The molecule has 0 aromatic rings. The first-order chi connectivity index (χ1) is 5.04. The third-order valence-electron chi connectivity index (χ3n) is 2.04. The Kier molecular flexibility index (Phi) is 2.18. The van der Waals surface area contributed by atoms with Crippen molar-refractivity contribution in [1.29, 1.82) is 0 Å². The summed E-state index contributed by atoms with van der Waals surface area (Å²) in [5.41, 5.74) is 0. The Morgan fingerprint density at radius 2 is 2.09 bits per heavy atom. The molecule has 1 saturated heterocycles. The van der Waals surface area contributed by atoms with Crippen LogP contribution in [0.3, 0.4) is 0 Å². The van der Waals surface area contributed by atoms with E-state index in [0.717, 1.165) is 6.54 Å². The van der Waals surface area contributed by atoms with Crippen LogP contribution in [-0.2, 0) is 4.79 Å². The van der Waals surface area contributed by atoms with E-state index in [0.29, 0.717) is 6.04 Å². The Labute approximate surface area is 68.0 Å². The minimum Gasteiger partial charge on any atom is -0.347 e. The third-order valence-corrected chi connectivity index (χ3v) is 2.04. The molecule has 2 unspecified atom stereocenters. The summed E-state index contributed by atoms with van der Waals surface area (Å²) in [6, 6.07) is 0.675. The van der Waals surface area contributed by atoms with Crippen LogP contribution in [0.5, 0.6) is 0 Å². The van der Waals surface area contributed by atoms with E-state index < -0.39 is 0 Å². The smallest absolute Gasteiger partial charge is 0.240 e. The van der Waals surface area contributed by atoms with Crippen LogP contribution >= 0.6 is 0 Å². The summed E-state index contributed by atoms with van der Waals surface area (Å²) in [4.78, 5) is 15.1. The van der Waals surface area contributed by atoms with E-state index in [4.69, 9.17) is 0 Å². The molecule has 0 spiro atoms. The predicted octanol–water partition coefficient (Wildman–Crippen LogP) is 0.167. The first kappa shape index (κ1) is 8.53. The van der Waals surface area contributed by atoms with Crippen LogP contribution in [-0.4, -0.2) is 48.4 Å². The highest BCUT2D eigenvalue weighted by Crippen LogP contribution is 2.21. The Morgan fingerprint density at radius 3 is 2.36 bits per heavy atom. The molecule has 0 aromatic carbocycles. The van der Waals surface area contributed by atoms with Crippen molar-refractivity contribution < 1.29 is 4.79 Å². The fraction of sp³-hybridized carbons (Fsp3) is 0.875. The zero-order valence-corrected chi connectivity index (χ0v) is 7.66. The monoisotopic (exact) mass is 156 g/mol. The van der Waals surface area contributed by atoms with E-state index in [1.165, 1.54) is 0 Å². The Bertz CT molecular complexity index is 165. The van der Waals surface area contributed by atoms with Crippen LogP contribution in [0.2, 0.25) is 0 Å². The number of hydrogen-bond donors (Lipinski definition) is 0. The second-order valence-electron chi connectivity index (χ2n) is 3.54. The highest BCUT2D eigenvalue weighted by Gasteiger charge is 2.42. The summed E-state index contributed by atoms with van der Waals surface area (Å²) in [7, 11) is 3.61. The van der Waals surface area contributed by atoms with Crippen molar-refractivity contribution in [3.8, 4) is 0 Å². The second-order valence-corrected chi connectivity index (χ2v) is 3.54. The number of hydrogen-bond acceptors (Lipinski definition) is 2. The molecule has 11 heavy (non-hydrogen) atoms. The van der Waals surface area contributed by atoms with Crippen molar-refractivity contribution in [2.45, 2.75) is 25.9 Å². The highest BCUT2D eigenvalue weighted by atomic mass is 16.2. The van der Waals surface area contributed by atoms with E-state index >= 15 is 0 Å². The number of amides is 1. The van der Waals surface area contributed by atoms with Gasteiger partial charge in [-0.25, -0.2) is 0 Å². The van der Waals surface area contributed by atoms with Crippen LogP contribution in [0.1, 0.15) is 13.8 Å². The predicted molar refractivity (Wildman–Crippen MR) is 44.3 cm³/mol. The summed E-state index contributed by atoms with van der Waals surface area (Å²) in [6.07, 6.45) is 0. The molecule has 1 heterocycles. The summed E-state index contributed by atoms with van der Waals surface area (Å²) in [6.45, 7) is 5.17. The molecule has 0 aromatic heterocycles. The van der Waals surface area contributed by atoms with Gasteiger partial charge >= 0.3 is 0 Å². The normalized spacial score (nSPS) is 28.8. The van der Waals surface area contributed by atoms with Gasteiger partial charge in [0.15, 0.2) is 0 Å². The van der Waals surface area contributed by atoms with Gasteiger partial charge in [0, 0.05) is 26.7 Å². The van der Waals surface area contributed by atoms with Gasteiger partial charge in [-0.3, -0.25) is 9.69 Å². The first-order valence-electron chi connectivity index (χ1n) is 4.01. The molecule has 0 N–H and O–H groups in total. The third kappa shape index (κ3) is 1.71. The minimum atomic E-state index is 0.171. The fourth-order valence-corrected chi connectivity index (χ4v) is 1.24. The van der Waals surface area contributed by atoms with Crippen LogP contribution in [0.4, 0.5) is 0 Å². The maximum Gasteiger partial charge on any atom is 0.240 e. The molecule has 3 nitrogen and oxygen atoms in total.